The zero-order chi connectivity index (χ0) is 15.6. The third-order valence-electron chi connectivity index (χ3n) is 3.71. The summed E-state index contributed by atoms with van der Waals surface area (Å²) in [5, 5.41) is 0. The van der Waals surface area contributed by atoms with Crippen LogP contribution in [0.15, 0.2) is 66.7 Å². The van der Waals surface area contributed by atoms with E-state index in [1.54, 1.807) is 0 Å². The van der Waals surface area contributed by atoms with Crippen LogP contribution in [-0.4, -0.2) is 0 Å². The van der Waals surface area contributed by atoms with Crippen molar-refractivity contribution in [3.63, 3.8) is 0 Å². The molecule has 0 spiro atoms. The van der Waals surface area contributed by atoms with Crippen LogP contribution in [0.2, 0.25) is 0 Å². The van der Waals surface area contributed by atoms with E-state index in [9.17, 15) is 13.2 Å². The highest BCUT2D eigenvalue weighted by Crippen LogP contribution is 2.36. The van der Waals surface area contributed by atoms with E-state index in [0.29, 0.717) is 0 Å². The molecule has 0 amide bonds. The molecule has 2 aromatic rings. The zero-order valence-electron chi connectivity index (χ0n) is 11.8. The van der Waals surface area contributed by atoms with Crippen LogP contribution in [-0.2, 0) is 10.9 Å². The summed E-state index contributed by atoms with van der Waals surface area (Å²) in [4.78, 5) is 0. The molecule has 0 saturated carbocycles. The minimum Gasteiger partial charge on any atom is -0.361 e. The summed E-state index contributed by atoms with van der Waals surface area (Å²) in [6.45, 7) is 0. The monoisotopic (exact) mass is 304 g/mol. The van der Waals surface area contributed by atoms with Crippen molar-refractivity contribution in [2.24, 2.45) is 0 Å². The number of benzene rings is 2. The molecule has 1 aliphatic rings. The molecule has 22 heavy (non-hydrogen) atoms. The molecule has 0 saturated heterocycles. The highest BCUT2D eigenvalue weighted by molar-refractivity contribution is 5.29. The van der Waals surface area contributed by atoms with Gasteiger partial charge >= 0.3 is 6.18 Å². The van der Waals surface area contributed by atoms with Gasteiger partial charge in [0.1, 0.15) is 6.10 Å². The quantitative estimate of drug-likeness (QED) is 0.669. The van der Waals surface area contributed by atoms with Gasteiger partial charge in [0, 0.05) is 0 Å². The normalized spacial score (nSPS) is 21.8. The summed E-state index contributed by atoms with van der Waals surface area (Å²) in [5.74, 6) is 0. The minimum absolute atomic E-state index is 0.0708. The molecule has 3 rings (SSSR count). The molecule has 0 fully saturated rings. The van der Waals surface area contributed by atoms with Gasteiger partial charge in [-0.1, -0.05) is 54.6 Å². The number of alkyl halides is 3. The zero-order valence-corrected chi connectivity index (χ0v) is 11.8. The Hall–Kier alpha value is -2.07. The van der Waals surface area contributed by atoms with E-state index in [2.05, 4.69) is 0 Å². The average molecular weight is 304 g/mol. The lowest BCUT2D eigenvalue weighted by molar-refractivity contribution is -0.137. The van der Waals surface area contributed by atoms with Crippen molar-refractivity contribution in [2.45, 2.75) is 24.8 Å². The lowest BCUT2D eigenvalue weighted by atomic mass is 10.00. The third-order valence-corrected chi connectivity index (χ3v) is 3.71. The van der Waals surface area contributed by atoms with Crippen LogP contribution in [0.4, 0.5) is 13.2 Å². The van der Waals surface area contributed by atoms with Crippen molar-refractivity contribution in [3.05, 3.63) is 83.4 Å². The molecular weight excluding hydrogens is 289 g/mol. The fraction of sp³-hybridized carbons (Fsp3) is 0.222. The van der Waals surface area contributed by atoms with Crippen LogP contribution in [0.1, 0.15) is 35.3 Å². The Morgan fingerprint density at radius 2 is 1.55 bits per heavy atom. The SMILES string of the molecule is FC(F)(F)c1ccc([C@@H]2C=CC[C@H](c3ccccc3)O2)cc1. The molecule has 2 atom stereocenters. The fourth-order valence-electron chi connectivity index (χ4n) is 2.54. The first-order valence-corrected chi connectivity index (χ1v) is 7.08. The van der Waals surface area contributed by atoms with E-state index in [-0.39, 0.29) is 12.2 Å². The Labute approximate surface area is 127 Å². The van der Waals surface area contributed by atoms with Crippen LogP contribution >= 0.6 is 0 Å². The molecular formula is C18H15F3O. The summed E-state index contributed by atoms with van der Waals surface area (Å²) in [5.41, 5.74) is 1.16. The second kappa shape index (κ2) is 5.97. The van der Waals surface area contributed by atoms with Crippen LogP contribution in [0, 0.1) is 0 Å². The van der Waals surface area contributed by atoms with Crippen molar-refractivity contribution in [3.8, 4) is 0 Å². The van der Waals surface area contributed by atoms with Gasteiger partial charge in [-0.2, -0.15) is 13.2 Å². The van der Waals surface area contributed by atoms with E-state index in [1.165, 1.54) is 12.1 Å². The molecule has 1 heterocycles. The van der Waals surface area contributed by atoms with Gasteiger partial charge in [-0.25, -0.2) is 0 Å². The Kier molecular flexibility index (Phi) is 4.03. The molecule has 0 aromatic heterocycles. The van der Waals surface area contributed by atoms with Crippen molar-refractivity contribution < 1.29 is 17.9 Å². The number of rotatable bonds is 2. The Bertz CT molecular complexity index is 644. The first-order valence-electron chi connectivity index (χ1n) is 7.08. The van der Waals surface area contributed by atoms with Crippen LogP contribution in [0.5, 0.6) is 0 Å². The second-order valence-corrected chi connectivity index (χ2v) is 5.24. The highest BCUT2D eigenvalue weighted by Gasteiger charge is 2.30. The predicted molar refractivity (Wildman–Crippen MR) is 78.2 cm³/mol. The van der Waals surface area contributed by atoms with E-state index < -0.39 is 11.7 Å². The molecule has 0 bridgehead atoms. The molecule has 0 aliphatic carbocycles. The third kappa shape index (κ3) is 3.22. The van der Waals surface area contributed by atoms with E-state index >= 15 is 0 Å². The molecule has 4 heteroatoms. The lowest BCUT2D eigenvalue weighted by Gasteiger charge is -2.27. The van der Waals surface area contributed by atoms with Crippen molar-refractivity contribution in [2.75, 3.05) is 0 Å². The topological polar surface area (TPSA) is 9.23 Å². The predicted octanol–water partition coefficient (Wildman–Crippen LogP) is 5.46. The smallest absolute Gasteiger partial charge is 0.361 e. The van der Waals surface area contributed by atoms with E-state index in [1.807, 2.05) is 42.5 Å². The van der Waals surface area contributed by atoms with Crippen LogP contribution in [0.25, 0.3) is 0 Å². The van der Waals surface area contributed by atoms with E-state index in [4.69, 9.17) is 4.74 Å². The van der Waals surface area contributed by atoms with Gasteiger partial charge in [0.05, 0.1) is 11.7 Å². The van der Waals surface area contributed by atoms with Crippen molar-refractivity contribution >= 4 is 0 Å². The average Bonchev–Trinajstić information content (AvgIpc) is 2.55. The molecule has 0 N–H and O–H groups in total. The Balaban J connectivity index is 1.78. The lowest BCUT2D eigenvalue weighted by Crippen LogP contribution is -2.13. The Morgan fingerprint density at radius 1 is 0.864 bits per heavy atom. The number of halogens is 3. The summed E-state index contributed by atoms with van der Waals surface area (Å²) in [7, 11) is 0. The van der Waals surface area contributed by atoms with Crippen molar-refractivity contribution in [1.29, 1.82) is 0 Å². The molecule has 1 aliphatic heterocycles. The van der Waals surface area contributed by atoms with Gasteiger partial charge in [0.25, 0.3) is 0 Å². The van der Waals surface area contributed by atoms with Gasteiger partial charge in [-0.15, -0.1) is 0 Å². The standard InChI is InChI=1S/C18H15F3O/c19-18(20,21)15-11-9-14(10-12-15)17-8-4-7-16(22-17)13-5-2-1-3-6-13/h1-6,8-12,16-17H,7H2/t16-,17+/m1/s1. The molecule has 2 aromatic carbocycles. The minimum atomic E-state index is -4.31. The van der Waals surface area contributed by atoms with E-state index in [0.717, 1.165) is 29.7 Å². The van der Waals surface area contributed by atoms with Gasteiger partial charge in [0.15, 0.2) is 0 Å². The summed E-state index contributed by atoms with van der Waals surface area (Å²) >= 11 is 0. The summed E-state index contributed by atoms with van der Waals surface area (Å²) < 4.78 is 43.8. The highest BCUT2D eigenvalue weighted by atomic mass is 19.4. The van der Waals surface area contributed by atoms with Crippen molar-refractivity contribution in [1.82, 2.24) is 0 Å². The first kappa shape index (κ1) is 14.9. The number of hydrogen-bond acceptors (Lipinski definition) is 1. The fourth-order valence-corrected chi connectivity index (χ4v) is 2.54. The van der Waals surface area contributed by atoms with Crippen LogP contribution in [0.3, 0.4) is 0 Å². The van der Waals surface area contributed by atoms with Gasteiger partial charge in [-0.3, -0.25) is 0 Å². The maximum Gasteiger partial charge on any atom is 0.416 e. The number of hydrogen-bond donors (Lipinski definition) is 0. The maximum absolute atomic E-state index is 12.6. The second-order valence-electron chi connectivity index (χ2n) is 5.24. The molecule has 0 radical (unpaired) electrons. The maximum atomic E-state index is 12.6. The molecule has 0 unspecified atom stereocenters. The first-order chi connectivity index (χ1) is 10.5. The van der Waals surface area contributed by atoms with Gasteiger partial charge < -0.3 is 4.74 Å². The van der Waals surface area contributed by atoms with Gasteiger partial charge in [0.2, 0.25) is 0 Å². The summed E-state index contributed by atoms with van der Waals surface area (Å²) in [6.07, 6.45) is -0.0270. The van der Waals surface area contributed by atoms with Gasteiger partial charge in [-0.05, 0) is 29.7 Å². The number of ether oxygens (including phenoxy) is 1. The Morgan fingerprint density at radius 3 is 2.18 bits per heavy atom. The largest absolute Gasteiger partial charge is 0.416 e. The molecule has 114 valence electrons. The van der Waals surface area contributed by atoms with Crippen LogP contribution < -0.4 is 0 Å². The summed E-state index contributed by atoms with van der Waals surface area (Å²) in [6, 6.07) is 15.0. The molecule has 1 nitrogen and oxygen atoms in total.